The van der Waals surface area contributed by atoms with Crippen LogP contribution in [-0.2, 0) is 4.79 Å². The van der Waals surface area contributed by atoms with Crippen LogP contribution in [0.1, 0.15) is 72.1 Å². The molecule has 3 heteroatoms. The number of hydrogen-bond donors (Lipinski definition) is 2. The molecule has 3 N–H and O–H groups in total. The molecule has 1 heterocycles. The standard InChI is InChI=1S/C17H34N2O/c1-4-5-6-7-8-9-14(2)17(3,16(18)20)15-10-12-19-13-11-15/h14-15,19H,4-13H2,1-3H3,(H2,18,20). The van der Waals surface area contributed by atoms with Crippen LogP contribution in [0.25, 0.3) is 0 Å². The minimum absolute atomic E-state index is 0.0922. The van der Waals surface area contributed by atoms with Crippen molar-refractivity contribution in [2.24, 2.45) is 23.0 Å². The van der Waals surface area contributed by atoms with Crippen LogP contribution < -0.4 is 11.1 Å². The Bertz CT molecular complexity index is 287. The van der Waals surface area contributed by atoms with Crippen molar-refractivity contribution in [3.8, 4) is 0 Å². The van der Waals surface area contributed by atoms with Gasteiger partial charge in [-0.15, -0.1) is 0 Å². The Kier molecular flexibility index (Phi) is 7.57. The van der Waals surface area contributed by atoms with Crippen molar-refractivity contribution in [1.82, 2.24) is 5.32 Å². The van der Waals surface area contributed by atoms with Gasteiger partial charge in [-0.2, -0.15) is 0 Å². The van der Waals surface area contributed by atoms with Gasteiger partial charge in [-0.25, -0.2) is 0 Å². The maximum absolute atomic E-state index is 12.1. The van der Waals surface area contributed by atoms with Crippen LogP contribution in [0.4, 0.5) is 0 Å². The van der Waals surface area contributed by atoms with Crippen LogP contribution in [0.2, 0.25) is 0 Å². The Hall–Kier alpha value is -0.570. The Labute approximate surface area is 125 Å². The molecule has 0 aromatic heterocycles. The molecule has 0 saturated carbocycles. The fourth-order valence-electron chi connectivity index (χ4n) is 3.62. The molecule has 1 saturated heterocycles. The van der Waals surface area contributed by atoms with Gasteiger partial charge in [-0.05, 0) is 44.2 Å². The van der Waals surface area contributed by atoms with Gasteiger partial charge in [0.15, 0.2) is 0 Å². The van der Waals surface area contributed by atoms with E-state index in [0.29, 0.717) is 11.8 Å². The summed E-state index contributed by atoms with van der Waals surface area (Å²) in [5.41, 5.74) is 5.47. The van der Waals surface area contributed by atoms with Crippen molar-refractivity contribution in [2.45, 2.75) is 72.1 Å². The molecule has 0 aliphatic carbocycles. The fraction of sp³-hybridized carbons (Fsp3) is 0.941. The molecule has 3 nitrogen and oxygen atoms in total. The van der Waals surface area contributed by atoms with E-state index in [1.807, 2.05) is 0 Å². The highest BCUT2D eigenvalue weighted by Crippen LogP contribution is 2.42. The van der Waals surface area contributed by atoms with Crippen LogP contribution in [0.3, 0.4) is 0 Å². The number of unbranched alkanes of at least 4 members (excludes halogenated alkanes) is 4. The second kappa shape index (κ2) is 8.66. The lowest BCUT2D eigenvalue weighted by molar-refractivity contribution is -0.134. The average Bonchev–Trinajstić information content (AvgIpc) is 2.46. The van der Waals surface area contributed by atoms with Crippen LogP contribution in [-0.4, -0.2) is 19.0 Å². The third-order valence-corrected chi connectivity index (χ3v) is 5.48. The Balaban J connectivity index is 2.52. The van der Waals surface area contributed by atoms with E-state index in [2.05, 4.69) is 26.1 Å². The highest BCUT2D eigenvalue weighted by atomic mass is 16.1. The monoisotopic (exact) mass is 282 g/mol. The first-order valence-corrected chi connectivity index (χ1v) is 8.54. The summed E-state index contributed by atoms with van der Waals surface area (Å²) in [6.45, 7) is 8.63. The van der Waals surface area contributed by atoms with Gasteiger partial charge in [0.25, 0.3) is 0 Å². The van der Waals surface area contributed by atoms with Gasteiger partial charge < -0.3 is 11.1 Å². The quantitative estimate of drug-likeness (QED) is 0.636. The zero-order valence-corrected chi connectivity index (χ0v) is 13.7. The van der Waals surface area contributed by atoms with Gasteiger partial charge in [-0.1, -0.05) is 52.9 Å². The van der Waals surface area contributed by atoms with Crippen LogP contribution in [0.5, 0.6) is 0 Å². The summed E-state index contributed by atoms with van der Waals surface area (Å²) in [4.78, 5) is 12.1. The van der Waals surface area contributed by atoms with Gasteiger partial charge in [0, 0.05) is 0 Å². The van der Waals surface area contributed by atoms with Crippen molar-refractivity contribution >= 4 is 5.91 Å². The number of piperidine rings is 1. The summed E-state index contributed by atoms with van der Waals surface area (Å²) >= 11 is 0. The molecule has 1 aliphatic heterocycles. The Morgan fingerprint density at radius 3 is 2.40 bits per heavy atom. The predicted molar refractivity (Wildman–Crippen MR) is 85.4 cm³/mol. The normalized spacial score (nSPS) is 21.4. The van der Waals surface area contributed by atoms with Gasteiger partial charge in [0.2, 0.25) is 5.91 Å². The van der Waals surface area contributed by atoms with Gasteiger partial charge in [-0.3, -0.25) is 4.79 Å². The van der Waals surface area contributed by atoms with Gasteiger partial charge in [0.05, 0.1) is 5.41 Å². The lowest BCUT2D eigenvalue weighted by atomic mass is 9.63. The first-order chi connectivity index (χ1) is 9.53. The molecular weight excluding hydrogens is 248 g/mol. The molecule has 0 radical (unpaired) electrons. The zero-order valence-electron chi connectivity index (χ0n) is 13.7. The van der Waals surface area contributed by atoms with Gasteiger partial charge >= 0.3 is 0 Å². The largest absolute Gasteiger partial charge is 0.369 e. The zero-order chi connectivity index (χ0) is 15.0. The first-order valence-electron chi connectivity index (χ1n) is 8.54. The smallest absolute Gasteiger partial charge is 0.223 e. The minimum atomic E-state index is -0.327. The molecule has 1 rings (SSSR count). The van der Waals surface area contributed by atoms with Gasteiger partial charge in [0.1, 0.15) is 0 Å². The number of carbonyl (C=O) groups is 1. The van der Waals surface area contributed by atoms with Crippen molar-refractivity contribution in [1.29, 1.82) is 0 Å². The third-order valence-electron chi connectivity index (χ3n) is 5.48. The van der Waals surface area contributed by atoms with E-state index in [4.69, 9.17) is 5.73 Å². The maximum atomic E-state index is 12.1. The average molecular weight is 282 g/mol. The number of hydrogen-bond acceptors (Lipinski definition) is 2. The van der Waals surface area contributed by atoms with Crippen LogP contribution in [0.15, 0.2) is 0 Å². The van der Waals surface area contributed by atoms with E-state index in [1.165, 1.54) is 32.1 Å². The number of nitrogens with two attached hydrogens (primary N) is 1. The lowest BCUT2D eigenvalue weighted by Gasteiger charge is -2.42. The first kappa shape index (κ1) is 17.5. The highest BCUT2D eigenvalue weighted by Gasteiger charge is 2.43. The van der Waals surface area contributed by atoms with Crippen molar-refractivity contribution < 1.29 is 4.79 Å². The summed E-state index contributed by atoms with van der Waals surface area (Å²) in [5.74, 6) is 0.752. The molecule has 0 aromatic carbocycles. The molecule has 2 atom stereocenters. The van der Waals surface area contributed by atoms with Crippen LogP contribution >= 0.6 is 0 Å². The molecular formula is C17H34N2O. The number of amides is 1. The lowest BCUT2D eigenvalue weighted by Crippen LogP contribution is -2.49. The van der Waals surface area contributed by atoms with Crippen molar-refractivity contribution in [3.05, 3.63) is 0 Å². The van der Waals surface area contributed by atoms with Crippen LogP contribution in [0, 0.1) is 17.3 Å². The number of primary amides is 1. The SMILES string of the molecule is CCCCCCCC(C)C(C)(C(N)=O)C1CCNCC1. The number of nitrogens with one attached hydrogen (secondary N) is 1. The molecule has 1 amide bonds. The topological polar surface area (TPSA) is 55.1 Å². The minimum Gasteiger partial charge on any atom is -0.369 e. The van der Waals surface area contributed by atoms with E-state index in [-0.39, 0.29) is 11.3 Å². The second-order valence-corrected chi connectivity index (χ2v) is 6.78. The maximum Gasteiger partial charge on any atom is 0.223 e. The second-order valence-electron chi connectivity index (χ2n) is 6.78. The van der Waals surface area contributed by atoms with E-state index in [0.717, 1.165) is 32.4 Å². The molecule has 1 aliphatic rings. The fourth-order valence-corrected chi connectivity index (χ4v) is 3.62. The van der Waals surface area contributed by atoms with E-state index in [1.54, 1.807) is 0 Å². The van der Waals surface area contributed by atoms with E-state index < -0.39 is 0 Å². The Morgan fingerprint density at radius 2 is 1.85 bits per heavy atom. The summed E-state index contributed by atoms with van der Waals surface area (Å²) in [7, 11) is 0. The molecule has 2 unspecified atom stereocenters. The molecule has 0 aromatic rings. The summed E-state index contributed by atoms with van der Waals surface area (Å²) in [5, 5.41) is 3.38. The summed E-state index contributed by atoms with van der Waals surface area (Å²) in [6, 6.07) is 0. The molecule has 0 spiro atoms. The summed E-state index contributed by atoms with van der Waals surface area (Å²) in [6.07, 6.45) is 9.75. The van der Waals surface area contributed by atoms with Crippen molar-refractivity contribution in [2.75, 3.05) is 13.1 Å². The van der Waals surface area contributed by atoms with Crippen molar-refractivity contribution in [3.63, 3.8) is 0 Å². The third kappa shape index (κ3) is 4.47. The highest BCUT2D eigenvalue weighted by molar-refractivity contribution is 5.81. The number of rotatable bonds is 9. The molecule has 118 valence electrons. The molecule has 1 fully saturated rings. The Morgan fingerprint density at radius 1 is 1.25 bits per heavy atom. The van der Waals surface area contributed by atoms with E-state index in [9.17, 15) is 4.79 Å². The van der Waals surface area contributed by atoms with E-state index >= 15 is 0 Å². The summed E-state index contributed by atoms with van der Waals surface area (Å²) < 4.78 is 0. The molecule has 20 heavy (non-hydrogen) atoms. The predicted octanol–water partition coefficient (Wildman–Crippen LogP) is 3.47. The number of carbonyl (C=O) groups excluding carboxylic acids is 1. The molecule has 0 bridgehead atoms.